The number of hydrogen-bond donors (Lipinski definition) is 2. The highest BCUT2D eigenvalue weighted by molar-refractivity contribution is 6.43. The Balaban J connectivity index is 2.78. The lowest BCUT2D eigenvalue weighted by Crippen LogP contribution is -2.30. The van der Waals surface area contributed by atoms with E-state index in [0.717, 1.165) is 0 Å². The fourth-order valence-electron chi connectivity index (χ4n) is 1.31. The van der Waals surface area contributed by atoms with Crippen molar-refractivity contribution in [1.29, 1.82) is 0 Å². The molecule has 5 nitrogen and oxygen atoms in total. The molecule has 0 aliphatic heterocycles. The predicted molar refractivity (Wildman–Crippen MR) is 71.4 cm³/mol. The van der Waals surface area contributed by atoms with Gasteiger partial charge in [0.1, 0.15) is 5.84 Å². The second kappa shape index (κ2) is 6.47. The van der Waals surface area contributed by atoms with E-state index in [2.05, 4.69) is 5.16 Å². The largest absolute Gasteiger partial charge is 0.409 e. The molecule has 1 amide bonds. The Morgan fingerprint density at radius 2 is 2.17 bits per heavy atom. The maximum atomic E-state index is 12.1. The van der Waals surface area contributed by atoms with E-state index in [9.17, 15) is 4.79 Å². The van der Waals surface area contributed by atoms with Gasteiger partial charge in [-0.1, -0.05) is 34.4 Å². The average molecular weight is 290 g/mol. The van der Waals surface area contributed by atoms with Gasteiger partial charge >= 0.3 is 0 Å². The number of halogens is 2. The van der Waals surface area contributed by atoms with E-state index in [-0.39, 0.29) is 23.2 Å². The first-order valence-electron chi connectivity index (χ1n) is 5.13. The SMILES string of the molecule is CN(CC/C(N)=N/O)C(=O)c1cccc(Cl)c1Cl. The van der Waals surface area contributed by atoms with E-state index in [4.69, 9.17) is 34.1 Å². The molecule has 0 aliphatic carbocycles. The summed E-state index contributed by atoms with van der Waals surface area (Å²) in [7, 11) is 1.60. The lowest BCUT2D eigenvalue weighted by atomic mass is 10.2. The molecule has 3 N–H and O–H groups in total. The van der Waals surface area contributed by atoms with Crippen LogP contribution in [0.2, 0.25) is 10.0 Å². The maximum absolute atomic E-state index is 12.1. The zero-order chi connectivity index (χ0) is 13.7. The molecule has 0 atom stereocenters. The molecule has 0 saturated carbocycles. The van der Waals surface area contributed by atoms with Crippen molar-refractivity contribution in [2.75, 3.05) is 13.6 Å². The van der Waals surface area contributed by atoms with E-state index in [1.54, 1.807) is 25.2 Å². The normalized spacial score (nSPS) is 11.4. The fraction of sp³-hybridized carbons (Fsp3) is 0.273. The van der Waals surface area contributed by atoms with Gasteiger partial charge in [0.2, 0.25) is 0 Å². The molecule has 0 saturated heterocycles. The molecule has 0 heterocycles. The quantitative estimate of drug-likeness (QED) is 0.386. The minimum absolute atomic E-state index is 0.0619. The number of nitrogens with two attached hydrogens (primary N) is 1. The number of carbonyl (C=O) groups is 1. The van der Waals surface area contributed by atoms with Crippen molar-refractivity contribution in [3.8, 4) is 0 Å². The zero-order valence-corrected chi connectivity index (χ0v) is 11.2. The Kier molecular flexibility index (Phi) is 5.25. The van der Waals surface area contributed by atoms with E-state index < -0.39 is 0 Å². The van der Waals surface area contributed by atoms with E-state index in [1.807, 2.05) is 0 Å². The van der Waals surface area contributed by atoms with Crippen LogP contribution in [-0.4, -0.2) is 35.4 Å². The van der Waals surface area contributed by atoms with Crippen molar-refractivity contribution in [3.05, 3.63) is 33.8 Å². The van der Waals surface area contributed by atoms with Crippen LogP contribution in [0.1, 0.15) is 16.8 Å². The van der Waals surface area contributed by atoms with Gasteiger partial charge in [-0.3, -0.25) is 4.79 Å². The number of carbonyl (C=O) groups excluding carboxylic acids is 1. The summed E-state index contributed by atoms with van der Waals surface area (Å²) in [6.07, 6.45) is 0.275. The first-order valence-corrected chi connectivity index (χ1v) is 5.88. The van der Waals surface area contributed by atoms with E-state index in [0.29, 0.717) is 17.1 Å². The summed E-state index contributed by atoms with van der Waals surface area (Å²) in [6, 6.07) is 4.85. The van der Waals surface area contributed by atoms with Crippen molar-refractivity contribution in [1.82, 2.24) is 4.90 Å². The van der Waals surface area contributed by atoms with Gasteiger partial charge in [0, 0.05) is 20.0 Å². The second-order valence-corrected chi connectivity index (χ2v) is 4.45. The monoisotopic (exact) mass is 289 g/mol. The summed E-state index contributed by atoms with van der Waals surface area (Å²) in [6.45, 7) is 0.317. The Morgan fingerprint density at radius 3 is 2.78 bits per heavy atom. The lowest BCUT2D eigenvalue weighted by molar-refractivity contribution is 0.0798. The van der Waals surface area contributed by atoms with Crippen LogP contribution in [0.15, 0.2) is 23.4 Å². The number of oxime groups is 1. The highest BCUT2D eigenvalue weighted by atomic mass is 35.5. The van der Waals surface area contributed by atoms with Crippen LogP contribution in [0.4, 0.5) is 0 Å². The van der Waals surface area contributed by atoms with Crippen LogP contribution < -0.4 is 5.73 Å². The minimum atomic E-state index is -0.270. The molecule has 7 heteroatoms. The molecule has 0 radical (unpaired) electrons. The average Bonchev–Trinajstić information content (AvgIpc) is 2.37. The van der Waals surface area contributed by atoms with Gasteiger partial charge in [-0.25, -0.2) is 0 Å². The lowest BCUT2D eigenvalue weighted by Gasteiger charge is -2.17. The number of amides is 1. The van der Waals surface area contributed by atoms with Crippen LogP contribution in [0.3, 0.4) is 0 Å². The minimum Gasteiger partial charge on any atom is -0.409 e. The topological polar surface area (TPSA) is 78.9 Å². The van der Waals surface area contributed by atoms with Crippen LogP contribution in [-0.2, 0) is 0 Å². The third kappa shape index (κ3) is 3.51. The number of amidine groups is 1. The van der Waals surface area contributed by atoms with Gasteiger partial charge in [0.05, 0.1) is 15.6 Å². The van der Waals surface area contributed by atoms with E-state index >= 15 is 0 Å². The molecule has 18 heavy (non-hydrogen) atoms. The number of hydrogen-bond acceptors (Lipinski definition) is 3. The molecule has 1 aromatic carbocycles. The summed E-state index contributed by atoms with van der Waals surface area (Å²) in [5.74, 6) is -0.208. The maximum Gasteiger partial charge on any atom is 0.255 e. The summed E-state index contributed by atoms with van der Waals surface area (Å²) in [5.41, 5.74) is 5.65. The highest BCUT2D eigenvalue weighted by Crippen LogP contribution is 2.26. The van der Waals surface area contributed by atoms with E-state index in [1.165, 1.54) is 4.90 Å². The molecule has 0 unspecified atom stereocenters. The summed E-state index contributed by atoms with van der Waals surface area (Å²) in [5, 5.41) is 11.8. The number of benzene rings is 1. The molecule has 1 aromatic rings. The van der Waals surface area contributed by atoms with Gasteiger partial charge in [-0.15, -0.1) is 0 Å². The number of nitrogens with zero attached hydrogens (tertiary/aromatic N) is 2. The molecule has 0 bridgehead atoms. The number of rotatable bonds is 4. The second-order valence-electron chi connectivity index (χ2n) is 3.67. The van der Waals surface area contributed by atoms with Crippen LogP contribution in [0.25, 0.3) is 0 Å². The predicted octanol–water partition coefficient (Wildman–Crippen LogP) is 2.20. The van der Waals surface area contributed by atoms with Crippen LogP contribution >= 0.6 is 23.2 Å². The van der Waals surface area contributed by atoms with Crippen molar-refractivity contribution in [3.63, 3.8) is 0 Å². The molecular weight excluding hydrogens is 277 g/mol. The Morgan fingerprint density at radius 1 is 1.50 bits per heavy atom. The third-order valence-corrected chi connectivity index (χ3v) is 3.18. The highest BCUT2D eigenvalue weighted by Gasteiger charge is 2.16. The first-order chi connectivity index (χ1) is 8.47. The smallest absolute Gasteiger partial charge is 0.255 e. The fourth-order valence-corrected chi connectivity index (χ4v) is 1.69. The Hall–Kier alpha value is -1.46. The van der Waals surface area contributed by atoms with Gasteiger partial charge < -0.3 is 15.8 Å². The molecule has 1 rings (SSSR count). The van der Waals surface area contributed by atoms with Crippen molar-refractivity contribution in [2.45, 2.75) is 6.42 Å². The van der Waals surface area contributed by atoms with Crippen molar-refractivity contribution in [2.24, 2.45) is 10.9 Å². The van der Waals surface area contributed by atoms with Crippen LogP contribution in [0, 0.1) is 0 Å². The third-order valence-electron chi connectivity index (χ3n) is 2.36. The molecular formula is C11H13Cl2N3O2. The molecule has 0 aliphatic rings. The standard InChI is InChI=1S/C11H13Cl2N3O2/c1-16(6-5-9(14)15-18)11(17)7-3-2-4-8(12)10(7)13/h2-4,18H,5-6H2,1H3,(H2,14,15). The molecule has 0 spiro atoms. The first kappa shape index (κ1) is 14.6. The van der Waals surface area contributed by atoms with Crippen LogP contribution in [0.5, 0.6) is 0 Å². The van der Waals surface area contributed by atoms with Gasteiger partial charge in [0.25, 0.3) is 5.91 Å². The zero-order valence-electron chi connectivity index (χ0n) is 9.73. The molecule has 0 fully saturated rings. The summed E-state index contributed by atoms with van der Waals surface area (Å²) < 4.78 is 0. The Bertz CT molecular complexity index is 477. The van der Waals surface area contributed by atoms with Crippen molar-refractivity contribution < 1.29 is 10.0 Å². The van der Waals surface area contributed by atoms with Gasteiger partial charge in [-0.05, 0) is 12.1 Å². The molecule has 0 aromatic heterocycles. The Labute approximate surface area is 115 Å². The van der Waals surface area contributed by atoms with Gasteiger partial charge in [-0.2, -0.15) is 0 Å². The van der Waals surface area contributed by atoms with Crippen molar-refractivity contribution >= 4 is 34.9 Å². The molecule has 98 valence electrons. The van der Waals surface area contributed by atoms with Gasteiger partial charge in [0.15, 0.2) is 0 Å². The summed E-state index contributed by atoms with van der Waals surface area (Å²) in [4.78, 5) is 13.5. The summed E-state index contributed by atoms with van der Waals surface area (Å²) >= 11 is 11.8.